The third-order valence-electron chi connectivity index (χ3n) is 2.42. The van der Waals surface area contributed by atoms with Crippen molar-refractivity contribution in [2.45, 2.75) is 38.6 Å². The number of aldehydes is 1. The fourth-order valence-electron chi connectivity index (χ4n) is 1.50. The molecular weight excluding hydrogens is 264 g/mol. The number of hydrogen-bond donors (Lipinski definition) is 4. The van der Waals surface area contributed by atoms with Crippen molar-refractivity contribution in [2.75, 3.05) is 6.54 Å². The molecule has 4 N–H and O–H groups in total. The first kappa shape index (κ1) is 16.2. The molecule has 0 saturated carbocycles. The minimum Gasteiger partial charge on any atom is -0.444 e. The molecule has 112 valence electrons. The van der Waals surface area contributed by atoms with Crippen molar-refractivity contribution in [2.24, 2.45) is 0 Å². The number of hydrogen-bond acceptors (Lipinski definition) is 5. The highest BCUT2D eigenvalue weighted by Crippen LogP contribution is 2.17. The molecule has 0 aliphatic heterocycles. The summed E-state index contributed by atoms with van der Waals surface area (Å²) in [6, 6.07) is 1.42. The maximum absolute atomic E-state index is 11.4. The Kier molecular flexibility index (Phi) is 5.29. The molecule has 0 aliphatic carbocycles. The molecule has 7 nitrogen and oxygen atoms in total. The van der Waals surface area contributed by atoms with Crippen LogP contribution in [0.15, 0.2) is 12.3 Å². The highest BCUT2D eigenvalue weighted by atomic mass is 16.6. The van der Waals surface area contributed by atoms with Gasteiger partial charge in [-0.2, -0.15) is 0 Å². The van der Waals surface area contributed by atoms with Gasteiger partial charge in [-0.3, -0.25) is 4.79 Å². The van der Waals surface area contributed by atoms with Crippen LogP contribution in [0.25, 0.3) is 0 Å². The highest BCUT2D eigenvalue weighted by Gasteiger charge is 2.22. The van der Waals surface area contributed by atoms with E-state index >= 15 is 0 Å². The summed E-state index contributed by atoms with van der Waals surface area (Å²) in [5.41, 5.74) is 0.0320. The summed E-state index contributed by atoms with van der Waals surface area (Å²) in [4.78, 5) is 24.5. The Bertz CT molecular complexity index is 464. The van der Waals surface area contributed by atoms with E-state index in [-0.39, 0.29) is 6.54 Å². The Labute approximate surface area is 116 Å². The van der Waals surface area contributed by atoms with E-state index in [1.807, 2.05) is 0 Å². The molecule has 0 spiro atoms. The van der Waals surface area contributed by atoms with E-state index in [2.05, 4.69) is 10.3 Å². The first-order valence-electron chi connectivity index (χ1n) is 6.19. The third-order valence-corrected chi connectivity index (χ3v) is 2.42. The predicted molar refractivity (Wildman–Crippen MR) is 71.4 cm³/mol. The molecule has 0 aliphatic rings. The van der Waals surface area contributed by atoms with Gasteiger partial charge in [0.15, 0.2) is 6.29 Å². The molecule has 1 rings (SSSR count). The van der Waals surface area contributed by atoms with Crippen LogP contribution in [0.4, 0.5) is 4.79 Å². The monoisotopic (exact) mass is 284 g/mol. The van der Waals surface area contributed by atoms with E-state index in [0.717, 1.165) is 0 Å². The molecule has 0 bridgehead atoms. The van der Waals surface area contributed by atoms with Crippen LogP contribution in [-0.2, 0) is 4.74 Å². The Hall–Kier alpha value is -1.86. The van der Waals surface area contributed by atoms with Crippen molar-refractivity contribution < 1.29 is 24.5 Å². The van der Waals surface area contributed by atoms with Crippen LogP contribution in [0, 0.1) is 0 Å². The molecule has 1 amide bonds. The first-order valence-corrected chi connectivity index (χ1v) is 6.19. The standard InChI is InChI=1S/C13H20N2O5/c1-13(2,3)20-12(19)15-6-10(17)11(18)8-4-9(7-16)14-5-8/h4-5,7,10-11,14,17-18H,6H2,1-3H3,(H,15,19). The number of nitrogens with one attached hydrogen (secondary N) is 2. The lowest BCUT2D eigenvalue weighted by atomic mass is 10.1. The second kappa shape index (κ2) is 6.53. The average Bonchev–Trinajstić information content (AvgIpc) is 2.81. The summed E-state index contributed by atoms with van der Waals surface area (Å²) in [5, 5.41) is 22.0. The maximum Gasteiger partial charge on any atom is 0.407 e. The fourth-order valence-corrected chi connectivity index (χ4v) is 1.50. The van der Waals surface area contributed by atoms with Gasteiger partial charge in [0.25, 0.3) is 0 Å². The van der Waals surface area contributed by atoms with Crippen molar-refractivity contribution in [3.05, 3.63) is 23.5 Å². The van der Waals surface area contributed by atoms with Crippen LogP contribution in [0.5, 0.6) is 0 Å². The Balaban J connectivity index is 2.47. The van der Waals surface area contributed by atoms with Gasteiger partial charge in [-0.15, -0.1) is 0 Å². The highest BCUT2D eigenvalue weighted by molar-refractivity contribution is 5.72. The molecule has 1 heterocycles. The molecule has 1 aromatic rings. The SMILES string of the molecule is CC(C)(C)OC(=O)NCC(O)C(O)c1c[nH]c(C=O)c1. The largest absolute Gasteiger partial charge is 0.444 e. The van der Waals surface area contributed by atoms with E-state index in [1.54, 1.807) is 20.8 Å². The number of alkyl carbamates (subject to hydrolysis) is 1. The Morgan fingerprint density at radius 3 is 2.65 bits per heavy atom. The van der Waals surface area contributed by atoms with Gasteiger partial charge < -0.3 is 25.3 Å². The van der Waals surface area contributed by atoms with Crippen molar-refractivity contribution in [3.8, 4) is 0 Å². The molecule has 7 heteroatoms. The molecular formula is C13H20N2O5. The van der Waals surface area contributed by atoms with Crippen LogP contribution < -0.4 is 5.32 Å². The summed E-state index contributed by atoms with van der Waals surface area (Å²) in [6.07, 6.45) is -1.08. The molecule has 1 aromatic heterocycles. The maximum atomic E-state index is 11.4. The molecule has 2 unspecified atom stereocenters. The number of aliphatic hydroxyl groups is 2. The third kappa shape index (κ3) is 5.02. The molecule has 0 radical (unpaired) electrons. The summed E-state index contributed by atoms with van der Waals surface area (Å²) >= 11 is 0. The summed E-state index contributed by atoms with van der Waals surface area (Å²) in [7, 11) is 0. The molecule has 0 fully saturated rings. The zero-order valence-electron chi connectivity index (χ0n) is 11.7. The van der Waals surface area contributed by atoms with E-state index in [9.17, 15) is 19.8 Å². The zero-order chi connectivity index (χ0) is 15.3. The lowest BCUT2D eigenvalue weighted by molar-refractivity contribution is 0.0130. The lowest BCUT2D eigenvalue weighted by Gasteiger charge is -2.21. The smallest absolute Gasteiger partial charge is 0.407 e. The van der Waals surface area contributed by atoms with Gasteiger partial charge in [-0.25, -0.2) is 4.79 Å². The van der Waals surface area contributed by atoms with Gasteiger partial charge in [0.05, 0.1) is 5.69 Å². The molecule has 20 heavy (non-hydrogen) atoms. The van der Waals surface area contributed by atoms with Gasteiger partial charge >= 0.3 is 6.09 Å². The Morgan fingerprint density at radius 1 is 1.50 bits per heavy atom. The van der Waals surface area contributed by atoms with Gasteiger partial charge in [0, 0.05) is 18.3 Å². The number of aromatic nitrogens is 1. The number of rotatable bonds is 5. The number of amides is 1. The second-order valence-electron chi connectivity index (χ2n) is 5.40. The predicted octanol–water partition coefficient (Wildman–Crippen LogP) is 0.746. The number of ether oxygens (including phenoxy) is 1. The zero-order valence-corrected chi connectivity index (χ0v) is 11.7. The fraction of sp³-hybridized carbons (Fsp3) is 0.538. The van der Waals surface area contributed by atoms with Gasteiger partial charge in [0.1, 0.15) is 17.8 Å². The molecule has 0 aromatic carbocycles. The minimum absolute atomic E-state index is 0.169. The van der Waals surface area contributed by atoms with Crippen LogP contribution in [0.1, 0.15) is 42.9 Å². The van der Waals surface area contributed by atoms with Crippen molar-refractivity contribution in [1.29, 1.82) is 0 Å². The van der Waals surface area contributed by atoms with Crippen LogP contribution >= 0.6 is 0 Å². The van der Waals surface area contributed by atoms with Crippen LogP contribution in [-0.4, -0.2) is 45.8 Å². The summed E-state index contributed by atoms with van der Waals surface area (Å²) in [5.74, 6) is 0. The van der Waals surface area contributed by atoms with Crippen LogP contribution in [0.3, 0.4) is 0 Å². The Morgan fingerprint density at radius 2 is 2.15 bits per heavy atom. The van der Waals surface area contributed by atoms with E-state index in [4.69, 9.17) is 4.74 Å². The number of aromatic amines is 1. The van der Waals surface area contributed by atoms with E-state index in [1.165, 1.54) is 12.3 Å². The van der Waals surface area contributed by atoms with Crippen molar-refractivity contribution in [3.63, 3.8) is 0 Å². The minimum atomic E-state index is -1.21. The van der Waals surface area contributed by atoms with Gasteiger partial charge in [0.2, 0.25) is 0 Å². The number of carbonyl (C=O) groups excluding carboxylic acids is 2. The van der Waals surface area contributed by atoms with Gasteiger partial charge in [-0.05, 0) is 26.8 Å². The van der Waals surface area contributed by atoms with E-state index in [0.29, 0.717) is 17.5 Å². The number of carbonyl (C=O) groups is 2. The van der Waals surface area contributed by atoms with Crippen molar-refractivity contribution >= 4 is 12.4 Å². The number of aliphatic hydroxyl groups excluding tert-OH is 2. The number of H-pyrrole nitrogens is 1. The lowest BCUT2D eigenvalue weighted by Crippen LogP contribution is -2.38. The topological polar surface area (TPSA) is 112 Å². The van der Waals surface area contributed by atoms with Crippen LogP contribution in [0.2, 0.25) is 0 Å². The second-order valence-corrected chi connectivity index (χ2v) is 5.40. The molecule has 2 atom stereocenters. The summed E-state index contributed by atoms with van der Waals surface area (Å²) in [6.45, 7) is 4.99. The average molecular weight is 284 g/mol. The van der Waals surface area contributed by atoms with Gasteiger partial charge in [-0.1, -0.05) is 0 Å². The normalized spacial score (nSPS) is 14.4. The van der Waals surface area contributed by atoms with Crippen molar-refractivity contribution in [1.82, 2.24) is 10.3 Å². The summed E-state index contributed by atoms with van der Waals surface area (Å²) < 4.78 is 5.00. The first-order chi connectivity index (χ1) is 9.23. The molecule has 0 saturated heterocycles. The van der Waals surface area contributed by atoms with E-state index < -0.39 is 23.9 Å². The quantitative estimate of drug-likeness (QED) is 0.596.